The molecule has 0 aliphatic rings. The predicted molar refractivity (Wildman–Crippen MR) is 59.4 cm³/mol. The summed E-state index contributed by atoms with van der Waals surface area (Å²) in [4.78, 5) is 8.18. The first kappa shape index (κ1) is 11.7. The number of anilines is 2. The zero-order valence-corrected chi connectivity index (χ0v) is 9.24. The molecule has 0 aromatic carbocycles. The van der Waals surface area contributed by atoms with Gasteiger partial charge in [0.1, 0.15) is 5.82 Å². The predicted octanol–water partition coefficient (Wildman–Crippen LogP) is 0.599. The molecule has 6 heteroatoms. The van der Waals surface area contributed by atoms with Gasteiger partial charge in [0.25, 0.3) is 0 Å². The fourth-order valence-corrected chi connectivity index (χ4v) is 1.24. The van der Waals surface area contributed by atoms with Crippen LogP contribution in [0.4, 0.5) is 11.6 Å². The Labute approximate surface area is 89.2 Å². The maximum atomic E-state index is 5.24. The normalized spacial score (nSPS) is 11.2. The lowest BCUT2D eigenvalue weighted by atomic mass is 10.1. The van der Waals surface area contributed by atoms with E-state index in [0.717, 1.165) is 0 Å². The summed E-state index contributed by atoms with van der Waals surface area (Å²) in [5, 5.41) is 3.20. The topological polar surface area (TPSA) is 85.1 Å². The quantitative estimate of drug-likeness (QED) is 0.488. The molecule has 0 aliphatic heterocycles. The van der Waals surface area contributed by atoms with Crippen molar-refractivity contribution < 1.29 is 4.74 Å². The van der Waals surface area contributed by atoms with Gasteiger partial charge in [0, 0.05) is 7.11 Å². The first-order chi connectivity index (χ1) is 7.07. The largest absolute Gasteiger partial charge is 0.382 e. The summed E-state index contributed by atoms with van der Waals surface area (Å²) >= 11 is 0. The second-order valence-corrected chi connectivity index (χ2v) is 3.88. The molecular weight excluding hydrogens is 194 g/mol. The van der Waals surface area contributed by atoms with E-state index in [-0.39, 0.29) is 5.54 Å². The van der Waals surface area contributed by atoms with E-state index >= 15 is 0 Å². The van der Waals surface area contributed by atoms with Gasteiger partial charge in [0.05, 0.1) is 24.5 Å². The molecule has 0 spiro atoms. The highest BCUT2D eigenvalue weighted by molar-refractivity contribution is 5.42. The van der Waals surface area contributed by atoms with Crippen LogP contribution in [-0.4, -0.2) is 29.2 Å². The third-order valence-corrected chi connectivity index (χ3v) is 1.75. The minimum atomic E-state index is -0.198. The highest BCUT2D eigenvalue weighted by Crippen LogP contribution is 2.13. The number of hydrogen-bond acceptors (Lipinski definition) is 6. The maximum absolute atomic E-state index is 5.24. The molecule has 1 rings (SSSR count). The number of nitrogens with two attached hydrogens (primary N) is 1. The first-order valence-corrected chi connectivity index (χ1v) is 4.63. The molecule has 1 heterocycles. The number of hydrazine groups is 1. The van der Waals surface area contributed by atoms with Crippen LogP contribution in [0, 0.1) is 0 Å². The molecule has 0 saturated heterocycles. The van der Waals surface area contributed by atoms with Gasteiger partial charge in [-0.05, 0) is 13.8 Å². The van der Waals surface area contributed by atoms with Crippen LogP contribution >= 0.6 is 0 Å². The number of nitrogen functional groups attached to an aromatic ring is 1. The number of rotatable bonds is 5. The van der Waals surface area contributed by atoms with Crippen LogP contribution in [0.3, 0.4) is 0 Å². The second-order valence-electron chi connectivity index (χ2n) is 3.88. The fourth-order valence-electron chi connectivity index (χ4n) is 1.24. The van der Waals surface area contributed by atoms with Crippen LogP contribution in [0.15, 0.2) is 12.4 Å². The standard InChI is InChI=1S/C9H17N5O/c1-9(2,6-15-3)13-7-4-11-5-8(12-7)14-10/h4-5H,6,10H2,1-3H3,(H2,12,13,14). The number of nitrogens with one attached hydrogen (secondary N) is 2. The Hall–Kier alpha value is -1.40. The zero-order chi connectivity index (χ0) is 11.3. The Morgan fingerprint density at radius 1 is 1.40 bits per heavy atom. The number of aromatic nitrogens is 2. The van der Waals surface area contributed by atoms with Gasteiger partial charge in [0.15, 0.2) is 5.82 Å². The molecule has 0 unspecified atom stereocenters. The van der Waals surface area contributed by atoms with Crippen molar-refractivity contribution >= 4 is 11.6 Å². The summed E-state index contributed by atoms with van der Waals surface area (Å²) < 4.78 is 5.08. The second kappa shape index (κ2) is 4.90. The molecule has 0 fully saturated rings. The van der Waals surface area contributed by atoms with E-state index < -0.39 is 0 Å². The summed E-state index contributed by atoms with van der Waals surface area (Å²) in [6.45, 7) is 4.61. The Bertz CT molecular complexity index is 315. The van der Waals surface area contributed by atoms with Crippen molar-refractivity contribution in [2.24, 2.45) is 5.84 Å². The zero-order valence-electron chi connectivity index (χ0n) is 9.24. The van der Waals surface area contributed by atoms with Crippen molar-refractivity contribution in [3.8, 4) is 0 Å². The average molecular weight is 211 g/mol. The van der Waals surface area contributed by atoms with Crippen molar-refractivity contribution in [2.75, 3.05) is 24.5 Å². The molecule has 84 valence electrons. The average Bonchev–Trinajstić information content (AvgIpc) is 2.17. The van der Waals surface area contributed by atoms with Gasteiger partial charge >= 0.3 is 0 Å². The Morgan fingerprint density at radius 2 is 2.07 bits per heavy atom. The van der Waals surface area contributed by atoms with E-state index in [1.807, 2.05) is 13.8 Å². The highest BCUT2D eigenvalue weighted by atomic mass is 16.5. The van der Waals surface area contributed by atoms with E-state index in [1.165, 1.54) is 0 Å². The van der Waals surface area contributed by atoms with Gasteiger partial charge in [-0.3, -0.25) is 4.98 Å². The van der Waals surface area contributed by atoms with Crippen LogP contribution in [0.2, 0.25) is 0 Å². The molecule has 0 atom stereocenters. The lowest BCUT2D eigenvalue weighted by Gasteiger charge is -2.25. The molecule has 0 aliphatic carbocycles. The van der Waals surface area contributed by atoms with E-state index in [2.05, 4.69) is 20.7 Å². The molecule has 0 bridgehead atoms. The highest BCUT2D eigenvalue weighted by Gasteiger charge is 2.17. The van der Waals surface area contributed by atoms with Gasteiger partial charge < -0.3 is 15.5 Å². The fraction of sp³-hybridized carbons (Fsp3) is 0.556. The minimum absolute atomic E-state index is 0.198. The summed E-state index contributed by atoms with van der Waals surface area (Å²) in [5.74, 6) is 6.42. The van der Waals surface area contributed by atoms with Gasteiger partial charge in [-0.15, -0.1) is 0 Å². The Morgan fingerprint density at radius 3 is 2.67 bits per heavy atom. The molecule has 0 radical (unpaired) electrons. The molecule has 4 N–H and O–H groups in total. The van der Waals surface area contributed by atoms with E-state index in [4.69, 9.17) is 10.6 Å². The van der Waals surface area contributed by atoms with Crippen molar-refractivity contribution in [3.63, 3.8) is 0 Å². The molecule has 15 heavy (non-hydrogen) atoms. The molecule has 0 amide bonds. The maximum Gasteiger partial charge on any atom is 0.160 e. The van der Waals surface area contributed by atoms with Gasteiger partial charge in [-0.2, -0.15) is 0 Å². The van der Waals surface area contributed by atoms with E-state index in [1.54, 1.807) is 19.5 Å². The third kappa shape index (κ3) is 3.69. The number of nitrogens with zero attached hydrogens (tertiary/aromatic N) is 2. The van der Waals surface area contributed by atoms with Crippen LogP contribution in [0.25, 0.3) is 0 Å². The summed E-state index contributed by atoms with van der Waals surface area (Å²) in [7, 11) is 1.66. The third-order valence-electron chi connectivity index (χ3n) is 1.75. The Kier molecular flexibility index (Phi) is 3.81. The number of methoxy groups -OCH3 is 1. The van der Waals surface area contributed by atoms with Crippen molar-refractivity contribution in [3.05, 3.63) is 12.4 Å². The van der Waals surface area contributed by atoms with Gasteiger partial charge in [-0.25, -0.2) is 10.8 Å². The van der Waals surface area contributed by atoms with Crippen molar-refractivity contribution in [1.82, 2.24) is 9.97 Å². The van der Waals surface area contributed by atoms with Crippen molar-refractivity contribution in [2.45, 2.75) is 19.4 Å². The van der Waals surface area contributed by atoms with E-state index in [0.29, 0.717) is 18.2 Å². The smallest absolute Gasteiger partial charge is 0.160 e. The SMILES string of the molecule is COCC(C)(C)Nc1cncc(NN)n1. The van der Waals surface area contributed by atoms with Gasteiger partial charge in [0.2, 0.25) is 0 Å². The van der Waals surface area contributed by atoms with Crippen LogP contribution in [0.1, 0.15) is 13.8 Å². The lowest BCUT2D eigenvalue weighted by molar-refractivity contribution is 0.158. The molecule has 1 aromatic rings. The van der Waals surface area contributed by atoms with Crippen LogP contribution in [0.5, 0.6) is 0 Å². The minimum Gasteiger partial charge on any atom is -0.382 e. The number of ether oxygens (including phenoxy) is 1. The van der Waals surface area contributed by atoms with Crippen LogP contribution < -0.4 is 16.6 Å². The van der Waals surface area contributed by atoms with Gasteiger partial charge in [-0.1, -0.05) is 0 Å². The molecule has 0 saturated carbocycles. The number of hydrogen-bond donors (Lipinski definition) is 3. The molecule has 1 aromatic heterocycles. The summed E-state index contributed by atoms with van der Waals surface area (Å²) in [5.41, 5.74) is 2.24. The van der Waals surface area contributed by atoms with E-state index in [9.17, 15) is 0 Å². The molecular formula is C9H17N5O. The van der Waals surface area contributed by atoms with Crippen LogP contribution in [-0.2, 0) is 4.74 Å². The van der Waals surface area contributed by atoms with Crippen molar-refractivity contribution in [1.29, 1.82) is 0 Å². The Balaban J connectivity index is 2.71. The summed E-state index contributed by atoms with van der Waals surface area (Å²) in [6.07, 6.45) is 3.19. The lowest BCUT2D eigenvalue weighted by Crippen LogP contribution is -2.36. The summed E-state index contributed by atoms with van der Waals surface area (Å²) in [6, 6.07) is 0. The monoisotopic (exact) mass is 211 g/mol. The first-order valence-electron chi connectivity index (χ1n) is 4.63. The molecule has 6 nitrogen and oxygen atoms in total.